The Hall–Kier alpha value is -1.12. The molecule has 2 nitrogen and oxygen atoms in total. The van der Waals surface area contributed by atoms with Gasteiger partial charge in [0.25, 0.3) is 0 Å². The van der Waals surface area contributed by atoms with Crippen LogP contribution in [0.2, 0.25) is 0 Å². The SMILES string of the molecule is COc1ccc(C)cc1B=O. The summed E-state index contributed by atoms with van der Waals surface area (Å²) in [5.74, 6) is 0.630. The normalized spacial score (nSPS) is 8.91. The number of hydrogen-bond acceptors (Lipinski definition) is 2. The van der Waals surface area contributed by atoms with Crippen molar-refractivity contribution in [2.75, 3.05) is 7.11 Å². The molecule has 1 aromatic carbocycles. The summed E-state index contributed by atoms with van der Waals surface area (Å²) in [5.41, 5.74) is 1.67. The van der Waals surface area contributed by atoms with E-state index in [1.54, 1.807) is 19.2 Å². The summed E-state index contributed by atoms with van der Waals surface area (Å²) in [6.45, 7) is 1.94. The number of aryl methyl sites for hydroxylation is 1. The van der Waals surface area contributed by atoms with Crippen molar-refractivity contribution in [3.8, 4) is 5.75 Å². The molecule has 0 aromatic heterocycles. The van der Waals surface area contributed by atoms with Crippen LogP contribution in [0.4, 0.5) is 0 Å². The van der Waals surface area contributed by atoms with Crippen LogP contribution in [0.15, 0.2) is 18.2 Å². The van der Waals surface area contributed by atoms with Gasteiger partial charge in [-0.1, -0.05) is 0 Å². The van der Waals surface area contributed by atoms with E-state index in [4.69, 9.17) is 4.74 Å². The van der Waals surface area contributed by atoms with Crippen LogP contribution in [0.25, 0.3) is 0 Å². The fourth-order valence-electron chi connectivity index (χ4n) is 0.946. The average molecular weight is 148 g/mol. The third-order valence-electron chi connectivity index (χ3n) is 1.51. The quantitative estimate of drug-likeness (QED) is 0.576. The molecule has 0 bridgehead atoms. The van der Waals surface area contributed by atoms with E-state index in [2.05, 4.69) is 0 Å². The molecule has 0 radical (unpaired) electrons. The van der Waals surface area contributed by atoms with Crippen molar-refractivity contribution >= 4 is 12.6 Å². The van der Waals surface area contributed by atoms with Gasteiger partial charge >= 0.3 is 65.6 Å². The topological polar surface area (TPSA) is 26.3 Å². The average Bonchev–Trinajstić information content (AvgIpc) is 2.04. The number of ether oxygens (including phenoxy) is 1. The van der Waals surface area contributed by atoms with Gasteiger partial charge in [0.2, 0.25) is 0 Å². The molecule has 0 spiro atoms. The van der Waals surface area contributed by atoms with E-state index in [-0.39, 0.29) is 0 Å². The van der Waals surface area contributed by atoms with Crippen molar-refractivity contribution in [1.29, 1.82) is 0 Å². The molecule has 0 saturated carbocycles. The second kappa shape index (κ2) is 3.33. The molecule has 1 aromatic rings. The van der Waals surface area contributed by atoms with E-state index in [9.17, 15) is 4.70 Å². The molecule has 56 valence electrons. The van der Waals surface area contributed by atoms with Crippen LogP contribution in [0.1, 0.15) is 5.56 Å². The fourth-order valence-corrected chi connectivity index (χ4v) is 0.946. The predicted octanol–water partition coefficient (Wildman–Crippen LogP) is 0.679. The molecule has 0 saturated heterocycles. The molecule has 0 aliphatic heterocycles. The van der Waals surface area contributed by atoms with Gasteiger partial charge in [-0.15, -0.1) is 0 Å². The number of rotatable bonds is 2. The van der Waals surface area contributed by atoms with Crippen LogP contribution < -0.4 is 10.2 Å². The molecule has 0 amide bonds. The predicted molar refractivity (Wildman–Crippen MR) is 43.8 cm³/mol. The molecule has 0 atom stereocenters. The fraction of sp³-hybridized carbons (Fsp3) is 0.250. The van der Waals surface area contributed by atoms with Gasteiger partial charge in [0.1, 0.15) is 0 Å². The Kier molecular flexibility index (Phi) is 2.42. The molecule has 11 heavy (non-hydrogen) atoms. The maximum atomic E-state index is 10.5. The monoisotopic (exact) mass is 148 g/mol. The molecule has 0 aliphatic rings. The number of methoxy groups -OCH3 is 1. The second-order valence-electron chi connectivity index (χ2n) is 2.36. The minimum absolute atomic E-state index is 0.604. The maximum absolute atomic E-state index is 10.5. The van der Waals surface area contributed by atoms with E-state index in [1.165, 1.54) is 0 Å². The Morgan fingerprint density at radius 2 is 2.18 bits per heavy atom. The summed E-state index contributed by atoms with van der Waals surface area (Å²) in [6, 6.07) is 5.50. The summed E-state index contributed by atoms with van der Waals surface area (Å²) < 4.78 is 15.4. The zero-order valence-electron chi connectivity index (χ0n) is 6.63. The Labute approximate surface area is 66.4 Å². The van der Waals surface area contributed by atoms with Gasteiger partial charge in [-0.05, 0) is 0 Å². The minimum atomic E-state index is 0.604. The first kappa shape index (κ1) is 7.99. The molecule has 0 N–H and O–H groups in total. The number of hydrogen-bond donors (Lipinski definition) is 0. The molecule has 0 heterocycles. The molecular formula is C8H9BO2. The van der Waals surface area contributed by atoms with Gasteiger partial charge in [-0.2, -0.15) is 0 Å². The summed E-state index contributed by atoms with van der Waals surface area (Å²) in [4.78, 5) is 0. The van der Waals surface area contributed by atoms with Crippen molar-refractivity contribution in [2.45, 2.75) is 6.92 Å². The third-order valence-corrected chi connectivity index (χ3v) is 1.51. The van der Waals surface area contributed by atoms with Gasteiger partial charge in [-0.25, -0.2) is 0 Å². The van der Waals surface area contributed by atoms with Crippen LogP contribution in [0.3, 0.4) is 0 Å². The Bertz CT molecular complexity index is 271. The number of benzene rings is 1. The van der Waals surface area contributed by atoms with E-state index in [0.717, 1.165) is 12.7 Å². The van der Waals surface area contributed by atoms with E-state index in [1.807, 2.05) is 13.0 Å². The van der Waals surface area contributed by atoms with Gasteiger partial charge in [0.15, 0.2) is 0 Å². The first-order valence-corrected chi connectivity index (χ1v) is 3.37. The van der Waals surface area contributed by atoms with Crippen LogP contribution in [-0.4, -0.2) is 14.3 Å². The van der Waals surface area contributed by atoms with Crippen molar-refractivity contribution in [3.63, 3.8) is 0 Å². The van der Waals surface area contributed by atoms with Crippen molar-refractivity contribution < 1.29 is 9.44 Å². The molecule has 1 rings (SSSR count). The second-order valence-corrected chi connectivity index (χ2v) is 2.36. The summed E-state index contributed by atoms with van der Waals surface area (Å²) >= 11 is 0. The zero-order valence-corrected chi connectivity index (χ0v) is 6.63. The summed E-state index contributed by atoms with van der Waals surface area (Å²) in [5, 5.41) is 0. The zero-order chi connectivity index (χ0) is 8.27. The van der Waals surface area contributed by atoms with E-state index >= 15 is 0 Å². The summed E-state index contributed by atoms with van der Waals surface area (Å²) in [6.07, 6.45) is 0. The van der Waals surface area contributed by atoms with Gasteiger partial charge in [0, 0.05) is 0 Å². The Morgan fingerprint density at radius 3 is 2.73 bits per heavy atom. The first-order chi connectivity index (χ1) is 5.27. The van der Waals surface area contributed by atoms with Gasteiger partial charge in [-0.3, -0.25) is 0 Å². The van der Waals surface area contributed by atoms with Crippen LogP contribution in [0, 0.1) is 6.92 Å². The Balaban J connectivity index is 3.16. The molecule has 3 heteroatoms. The van der Waals surface area contributed by atoms with Crippen LogP contribution in [-0.2, 0) is 4.70 Å². The Morgan fingerprint density at radius 1 is 1.45 bits per heavy atom. The molecular weight excluding hydrogens is 139 g/mol. The van der Waals surface area contributed by atoms with E-state index in [0.29, 0.717) is 11.2 Å². The van der Waals surface area contributed by atoms with Crippen LogP contribution in [0.5, 0.6) is 5.75 Å². The van der Waals surface area contributed by atoms with E-state index < -0.39 is 0 Å². The van der Waals surface area contributed by atoms with Gasteiger partial charge < -0.3 is 0 Å². The first-order valence-electron chi connectivity index (χ1n) is 3.37. The molecule has 0 unspecified atom stereocenters. The molecule has 0 fully saturated rings. The van der Waals surface area contributed by atoms with Crippen molar-refractivity contribution in [2.24, 2.45) is 0 Å². The van der Waals surface area contributed by atoms with Crippen LogP contribution >= 0.6 is 0 Å². The summed E-state index contributed by atoms with van der Waals surface area (Å²) in [7, 11) is 2.35. The van der Waals surface area contributed by atoms with Crippen molar-refractivity contribution in [3.05, 3.63) is 23.8 Å². The molecule has 0 aliphatic carbocycles. The van der Waals surface area contributed by atoms with Gasteiger partial charge in [0.05, 0.1) is 0 Å². The third kappa shape index (κ3) is 1.67. The standard InChI is InChI=1S/C8H9BO2/c1-6-3-4-8(11-2)7(5-6)9-10/h3-5H,1-2H3. The van der Waals surface area contributed by atoms with Crippen molar-refractivity contribution in [1.82, 2.24) is 0 Å².